The second-order valence-corrected chi connectivity index (χ2v) is 5.74. The molecular formula is C17H26N2O3. The fraction of sp³-hybridized carbons (Fsp3) is 0.529. The molecule has 1 aromatic carbocycles. The van der Waals surface area contributed by atoms with Crippen molar-refractivity contribution in [1.82, 2.24) is 10.2 Å². The van der Waals surface area contributed by atoms with Crippen LogP contribution in [0.5, 0.6) is 0 Å². The topological polar surface area (TPSA) is 69.6 Å². The summed E-state index contributed by atoms with van der Waals surface area (Å²) in [7, 11) is 1.73. The van der Waals surface area contributed by atoms with E-state index in [1.807, 2.05) is 20.8 Å². The lowest BCUT2D eigenvalue weighted by atomic mass is 9.94. The molecule has 5 nitrogen and oxygen atoms in total. The lowest BCUT2D eigenvalue weighted by molar-refractivity contribution is 0.0802. The highest BCUT2D eigenvalue weighted by molar-refractivity contribution is 5.99. The van der Waals surface area contributed by atoms with Crippen LogP contribution >= 0.6 is 0 Å². The van der Waals surface area contributed by atoms with Gasteiger partial charge in [0.1, 0.15) is 0 Å². The van der Waals surface area contributed by atoms with E-state index in [9.17, 15) is 9.59 Å². The highest BCUT2D eigenvalue weighted by atomic mass is 16.3. The van der Waals surface area contributed by atoms with E-state index in [1.165, 1.54) is 0 Å². The third kappa shape index (κ3) is 4.56. The first-order chi connectivity index (χ1) is 10.4. The van der Waals surface area contributed by atoms with Gasteiger partial charge in [-0.2, -0.15) is 0 Å². The zero-order valence-corrected chi connectivity index (χ0v) is 13.8. The van der Waals surface area contributed by atoms with Crippen LogP contribution in [-0.2, 0) is 0 Å². The van der Waals surface area contributed by atoms with E-state index in [4.69, 9.17) is 5.11 Å². The van der Waals surface area contributed by atoms with Gasteiger partial charge in [0.15, 0.2) is 0 Å². The zero-order chi connectivity index (χ0) is 16.8. The molecule has 1 unspecified atom stereocenters. The summed E-state index contributed by atoms with van der Waals surface area (Å²) in [4.78, 5) is 26.1. The normalized spacial score (nSPS) is 13.3. The number of aliphatic hydroxyl groups is 1. The number of carbonyl (C=O) groups excluding carboxylic acids is 2. The van der Waals surface area contributed by atoms with Gasteiger partial charge in [0, 0.05) is 36.9 Å². The Morgan fingerprint density at radius 1 is 1.27 bits per heavy atom. The van der Waals surface area contributed by atoms with Gasteiger partial charge in [-0.05, 0) is 44.9 Å². The zero-order valence-electron chi connectivity index (χ0n) is 13.8. The van der Waals surface area contributed by atoms with Gasteiger partial charge in [0.2, 0.25) is 0 Å². The van der Waals surface area contributed by atoms with Crippen LogP contribution < -0.4 is 5.32 Å². The standard InChI is InChI=1S/C17H26N2O3/c1-5-17(3,10-11-20)18-15(21)13-8-7-9-14(12-13)16(22)19(4)6-2/h7-9,12,20H,5-6,10-11H2,1-4H3,(H,18,21). The summed E-state index contributed by atoms with van der Waals surface area (Å²) in [5.74, 6) is -0.336. The largest absolute Gasteiger partial charge is 0.396 e. The molecule has 0 aliphatic heterocycles. The highest BCUT2D eigenvalue weighted by Gasteiger charge is 2.24. The molecule has 0 bridgehead atoms. The van der Waals surface area contributed by atoms with E-state index >= 15 is 0 Å². The Hall–Kier alpha value is -1.88. The summed E-state index contributed by atoms with van der Waals surface area (Å²) in [6, 6.07) is 6.71. The second-order valence-electron chi connectivity index (χ2n) is 5.74. The lowest BCUT2D eigenvalue weighted by Crippen LogP contribution is -2.46. The number of carbonyl (C=O) groups is 2. The number of nitrogens with zero attached hydrogens (tertiary/aromatic N) is 1. The van der Waals surface area contributed by atoms with E-state index in [-0.39, 0.29) is 18.4 Å². The first-order valence-electron chi connectivity index (χ1n) is 7.65. The fourth-order valence-electron chi connectivity index (χ4n) is 2.08. The molecule has 2 amide bonds. The summed E-state index contributed by atoms with van der Waals surface area (Å²) < 4.78 is 0. The van der Waals surface area contributed by atoms with Crippen LogP contribution in [0.1, 0.15) is 54.3 Å². The number of amides is 2. The number of hydrogen-bond acceptors (Lipinski definition) is 3. The van der Waals surface area contributed by atoms with Crippen molar-refractivity contribution in [3.8, 4) is 0 Å². The monoisotopic (exact) mass is 306 g/mol. The Bertz CT molecular complexity index is 530. The van der Waals surface area contributed by atoms with Crippen molar-refractivity contribution >= 4 is 11.8 Å². The molecule has 1 atom stereocenters. The first-order valence-corrected chi connectivity index (χ1v) is 7.65. The predicted octanol–water partition coefficient (Wildman–Crippen LogP) is 2.06. The fourth-order valence-corrected chi connectivity index (χ4v) is 2.08. The van der Waals surface area contributed by atoms with E-state index in [0.717, 1.165) is 6.42 Å². The predicted molar refractivity (Wildman–Crippen MR) is 86.9 cm³/mol. The van der Waals surface area contributed by atoms with Crippen LogP contribution in [-0.4, -0.2) is 47.6 Å². The van der Waals surface area contributed by atoms with E-state index in [2.05, 4.69) is 5.32 Å². The molecule has 1 rings (SSSR count). The third-order valence-corrected chi connectivity index (χ3v) is 4.05. The maximum absolute atomic E-state index is 12.4. The molecule has 0 saturated heterocycles. The Morgan fingerprint density at radius 2 is 1.91 bits per heavy atom. The van der Waals surface area contributed by atoms with Crippen molar-refractivity contribution in [2.24, 2.45) is 0 Å². The number of nitrogens with one attached hydrogen (secondary N) is 1. The number of aliphatic hydroxyl groups excluding tert-OH is 1. The molecule has 0 aliphatic carbocycles. The summed E-state index contributed by atoms with van der Waals surface area (Å²) in [5.41, 5.74) is 0.497. The van der Waals surface area contributed by atoms with Gasteiger partial charge in [-0.15, -0.1) is 0 Å². The van der Waals surface area contributed by atoms with Crippen molar-refractivity contribution in [2.45, 2.75) is 39.2 Å². The minimum atomic E-state index is -0.452. The smallest absolute Gasteiger partial charge is 0.253 e. The van der Waals surface area contributed by atoms with Crippen molar-refractivity contribution in [1.29, 1.82) is 0 Å². The molecule has 5 heteroatoms. The van der Waals surface area contributed by atoms with Crippen LogP contribution in [0.2, 0.25) is 0 Å². The molecule has 22 heavy (non-hydrogen) atoms. The minimum absolute atomic E-state index is 0.0183. The quantitative estimate of drug-likeness (QED) is 0.810. The molecular weight excluding hydrogens is 280 g/mol. The first kappa shape index (κ1) is 18.2. The summed E-state index contributed by atoms with van der Waals surface area (Å²) in [6.45, 7) is 6.40. The molecule has 122 valence electrons. The third-order valence-electron chi connectivity index (χ3n) is 4.05. The molecule has 0 saturated carbocycles. The van der Waals surface area contributed by atoms with Crippen molar-refractivity contribution in [3.05, 3.63) is 35.4 Å². The van der Waals surface area contributed by atoms with E-state index in [0.29, 0.717) is 24.1 Å². The second kappa shape index (κ2) is 7.94. The number of benzene rings is 1. The molecule has 0 heterocycles. The molecule has 0 aliphatic rings. The SMILES string of the molecule is CCN(C)C(=O)c1cccc(C(=O)NC(C)(CC)CCO)c1. The van der Waals surface area contributed by atoms with Gasteiger partial charge < -0.3 is 15.3 Å². The maximum Gasteiger partial charge on any atom is 0.253 e. The van der Waals surface area contributed by atoms with Gasteiger partial charge in [0.05, 0.1) is 0 Å². The van der Waals surface area contributed by atoms with Gasteiger partial charge in [-0.25, -0.2) is 0 Å². The van der Waals surface area contributed by atoms with E-state index in [1.54, 1.807) is 36.2 Å². The van der Waals surface area contributed by atoms with Crippen LogP contribution in [0.15, 0.2) is 24.3 Å². The van der Waals surface area contributed by atoms with Crippen LogP contribution in [0, 0.1) is 0 Å². The molecule has 2 N–H and O–H groups in total. The molecule has 0 spiro atoms. The Morgan fingerprint density at radius 3 is 2.45 bits per heavy atom. The van der Waals surface area contributed by atoms with Gasteiger partial charge in [-0.3, -0.25) is 9.59 Å². The lowest BCUT2D eigenvalue weighted by Gasteiger charge is -2.29. The highest BCUT2D eigenvalue weighted by Crippen LogP contribution is 2.16. The Labute approximate surface area is 132 Å². The number of hydrogen-bond donors (Lipinski definition) is 2. The van der Waals surface area contributed by atoms with Crippen LogP contribution in [0.4, 0.5) is 0 Å². The average molecular weight is 306 g/mol. The minimum Gasteiger partial charge on any atom is -0.396 e. The van der Waals surface area contributed by atoms with Crippen LogP contribution in [0.3, 0.4) is 0 Å². The van der Waals surface area contributed by atoms with Gasteiger partial charge in [0.25, 0.3) is 11.8 Å². The summed E-state index contributed by atoms with van der Waals surface area (Å²) >= 11 is 0. The molecule has 0 aromatic heterocycles. The van der Waals surface area contributed by atoms with Gasteiger partial charge in [-0.1, -0.05) is 13.0 Å². The Kier molecular flexibility index (Phi) is 6.56. The number of rotatable bonds is 7. The average Bonchev–Trinajstić information content (AvgIpc) is 2.53. The van der Waals surface area contributed by atoms with Gasteiger partial charge >= 0.3 is 0 Å². The molecule has 1 aromatic rings. The van der Waals surface area contributed by atoms with Crippen molar-refractivity contribution in [3.63, 3.8) is 0 Å². The molecule has 0 fully saturated rings. The molecule has 0 radical (unpaired) electrons. The Balaban J connectivity index is 2.93. The van der Waals surface area contributed by atoms with Crippen molar-refractivity contribution in [2.75, 3.05) is 20.2 Å². The van der Waals surface area contributed by atoms with Crippen LogP contribution in [0.25, 0.3) is 0 Å². The van der Waals surface area contributed by atoms with Crippen molar-refractivity contribution < 1.29 is 14.7 Å². The summed E-state index contributed by atoms with van der Waals surface area (Å²) in [6.07, 6.45) is 1.21. The summed E-state index contributed by atoms with van der Waals surface area (Å²) in [5, 5.41) is 12.1. The maximum atomic E-state index is 12.4. The van der Waals surface area contributed by atoms with E-state index < -0.39 is 5.54 Å².